The van der Waals surface area contributed by atoms with Crippen molar-refractivity contribution in [2.75, 3.05) is 59.4 Å². The molecule has 0 aromatic heterocycles. The molecular formula is C19H32N4O. The monoisotopic (exact) mass is 332 g/mol. The second-order valence-corrected chi connectivity index (χ2v) is 6.75. The van der Waals surface area contributed by atoms with Crippen molar-refractivity contribution in [2.45, 2.75) is 19.3 Å². The molecule has 1 aromatic rings. The van der Waals surface area contributed by atoms with E-state index in [0.717, 1.165) is 51.5 Å². The van der Waals surface area contributed by atoms with Crippen molar-refractivity contribution >= 4 is 11.6 Å². The molecule has 1 unspecified atom stereocenters. The highest BCUT2D eigenvalue weighted by atomic mass is 16.5. The molecule has 5 heteroatoms. The van der Waals surface area contributed by atoms with E-state index in [0.29, 0.717) is 5.92 Å². The van der Waals surface area contributed by atoms with E-state index >= 15 is 0 Å². The minimum absolute atomic E-state index is 0.628. The van der Waals surface area contributed by atoms with Crippen molar-refractivity contribution in [1.82, 2.24) is 10.2 Å². The minimum atomic E-state index is 0.628. The fourth-order valence-electron chi connectivity index (χ4n) is 3.04. The highest BCUT2D eigenvalue weighted by molar-refractivity contribution is 5.79. The summed E-state index contributed by atoms with van der Waals surface area (Å²) in [6, 6.07) is 8.80. The number of anilines is 1. The van der Waals surface area contributed by atoms with Crippen LogP contribution in [0, 0.1) is 5.92 Å². The summed E-state index contributed by atoms with van der Waals surface area (Å²) in [5.41, 5.74) is 2.63. The van der Waals surface area contributed by atoms with Gasteiger partial charge >= 0.3 is 0 Å². The minimum Gasteiger partial charge on any atom is -0.381 e. The maximum atomic E-state index is 5.45. The molecule has 1 aromatic carbocycles. The Hall–Kier alpha value is -1.75. The third-order valence-electron chi connectivity index (χ3n) is 4.51. The van der Waals surface area contributed by atoms with Crippen molar-refractivity contribution in [3.8, 4) is 0 Å². The molecule has 1 heterocycles. The quantitative estimate of drug-likeness (QED) is 0.472. The Balaban J connectivity index is 1.69. The van der Waals surface area contributed by atoms with E-state index in [-0.39, 0.29) is 0 Å². The Morgan fingerprint density at radius 3 is 2.58 bits per heavy atom. The number of aliphatic imine (C=N–C) groups is 1. The summed E-state index contributed by atoms with van der Waals surface area (Å²) in [5, 5.41) is 3.47. The molecule has 5 nitrogen and oxygen atoms in total. The Bertz CT molecular complexity index is 507. The van der Waals surface area contributed by atoms with Crippen LogP contribution < -0.4 is 10.2 Å². The van der Waals surface area contributed by atoms with Gasteiger partial charge in [-0.3, -0.25) is 4.99 Å². The fourth-order valence-corrected chi connectivity index (χ4v) is 3.04. The van der Waals surface area contributed by atoms with Crippen molar-refractivity contribution in [3.05, 3.63) is 29.8 Å². The maximum absolute atomic E-state index is 5.45. The van der Waals surface area contributed by atoms with Crippen LogP contribution >= 0.6 is 0 Å². The summed E-state index contributed by atoms with van der Waals surface area (Å²) in [4.78, 5) is 8.73. The number of guanidine groups is 1. The standard InChI is InChI=1S/C19H32N4O/c1-20-19(23(4)14-17-11-13-24-15-17)21-12-5-6-16-7-9-18(10-8-16)22(2)3/h7-10,17H,5-6,11-15H2,1-4H3,(H,20,21). The average Bonchev–Trinajstić information content (AvgIpc) is 3.08. The molecule has 24 heavy (non-hydrogen) atoms. The van der Waals surface area contributed by atoms with Gasteiger partial charge < -0.3 is 19.9 Å². The van der Waals surface area contributed by atoms with Crippen LogP contribution in [0.1, 0.15) is 18.4 Å². The lowest BCUT2D eigenvalue weighted by Crippen LogP contribution is -2.41. The second kappa shape index (κ2) is 9.52. The van der Waals surface area contributed by atoms with E-state index < -0.39 is 0 Å². The van der Waals surface area contributed by atoms with E-state index in [2.05, 4.69) is 65.5 Å². The zero-order chi connectivity index (χ0) is 17.4. The van der Waals surface area contributed by atoms with Gasteiger partial charge in [-0.15, -0.1) is 0 Å². The Morgan fingerprint density at radius 1 is 1.25 bits per heavy atom. The van der Waals surface area contributed by atoms with Gasteiger partial charge in [0.2, 0.25) is 0 Å². The van der Waals surface area contributed by atoms with Crippen LogP contribution in [0.25, 0.3) is 0 Å². The maximum Gasteiger partial charge on any atom is 0.193 e. The summed E-state index contributed by atoms with van der Waals surface area (Å²) >= 11 is 0. The molecule has 2 rings (SSSR count). The second-order valence-electron chi connectivity index (χ2n) is 6.75. The molecule has 1 atom stereocenters. The smallest absolute Gasteiger partial charge is 0.193 e. The van der Waals surface area contributed by atoms with E-state index in [9.17, 15) is 0 Å². The van der Waals surface area contributed by atoms with Crippen molar-refractivity contribution in [2.24, 2.45) is 10.9 Å². The Labute approximate surface area is 146 Å². The summed E-state index contributed by atoms with van der Waals surface area (Å²) in [5.74, 6) is 1.61. The molecule has 1 N–H and O–H groups in total. The first-order chi connectivity index (χ1) is 11.6. The zero-order valence-electron chi connectivity index (χ0n) is 15.6. The highest BCUT2D eigenvalue weighted by Crippen LogP contribution is 2.14. The molecule has 0 aliphatic carbocycles. The predicted molar refractivity (Wildman–Crippen MR) is 102 cm³/mol. The Kier molecular flexibility index (Phi) is 7.37. The molecule has 134 valence electrons. The van der Waals surface area contributed by atoms with Crippen molar-refractivity contribution in [3.63, 3.8) is 0 Å². The van der Waals surface area contributed by atoms with Gasteiger partial charge in [0.25, 0.3) is 0 Å². The molecule has 0 spiro atoms. The predicted octanol–water partition coefficient (Wildman–Crippen LogP) is 2.23. The number of benzene rings is 1. The molecular weight excluding hydrogens is 300 g/mol. The fraction of sp³-hybridized carbons (Fsp3) is 0.632. The molecule has 1 fully saturated rings. The van der Waals surface area contributed by atoms with Gasteiger partial charge in [-0.05, 0) is 37.0 Å². The lowest BCUT2D eigenvalue weighted by molar-refractivity contribution is 0.181. The number of nitrogens with one attached hydrogen (secondary N) is 1. The number of nitrogens with zero attached hydrogens (tertiary/aromatic N) is 3. The lowest BCUT2D eigenvalue weighted by Gasteiger charge is -2.24. The van der Waals surface area contributed by atoms with E-state index in [1.54, 1.807) is 0 Å². The summed E-state index contributed by atoms with van der Waals surface area (Å²) in [7, 11) is 8.09. The zero-order valence-corrected chi connectivity index (χ0v) is 15.6. The van der Waals surface area contributed by atoms with E-state index in [4.69, 9.17) is 4.74 Å². The van der Waals surface area contributed by atoms with Gasteiger partial charge in [-0.25, -0.2) is 0 Å². The first-order valence-electron chi connectivity index (χ1n) is 8.86. The molecule has 1 saturated heterocycles. The summed E-state index contributed by atoms with van der Waals surface area (Å²) in [6.07, 6.45) is 3.34. The van der Waals surface area contributed by atoms with Crippen LogP contribution in [0.4, 0.5) is 5.69 Å². The SMILES string of the molecule is CN=C(NCCCc1ccc(N(C)C)cc1)N(C)CC1CCOC1. The third kappa shape index (κ3) is 5.71. The van der Waals surface area contributed by atoms with Crippen LogP contribution in [0.3, 0.4) is 0 Å². The third-order valence-corrected chi connectivity index (χ3v) is 4.51. The lowest BCUT2D eigenvalue weighted by atomic mass is 10.1. The molecule has 0 bridgehead atoms. The van der Waals surface area contributed by atoms with Crippen LogP contribution in [-0.4, -0.2) is 65.4 Å². The van der Waals surface area contributed by atoms with Gasteiger partial charge in [0.1, 0.15) is 0 Å². The van der Waals surface area contributed by atoms with Gasteiger partial charge in [-0.2, -0.15) is 0 Å². The van der Waals surface area contributed by atoms with Gasteiger partial charge in [0, 0.05) is 59.5 Å². The molecule has 0 amide bonds. The van der Waals surface area contributed by atoms with E-state index in [1.807, 2.05) is 7.05 Å². The summed E-state index contributed by atoms with van der Waals surface area (Å²) < 4.78 is 5.45. The largest absolute Gasteiger partial charge is 0.381 e. The Morgan fingerprint density at radius 2 is 2.00 bits per heavy atom. The molecule has 1 aliphatic heterocycles. The van der Waals surface area contributed by atoms with Gasteiger partial charge in [0.15, 0.2) is 5.96 Å². The first-order valence-corrected chi connectivity index (χ1v) is 8.86. The normalized spacial score (nSPS) is 17.8. The summed E-state index contributed by atoms with van der Waals surface area (Å²) in [6.45, 7) is 3.72. The number of hydrogen-bond donors (Lipinski definition) is 1. The van der Waals surface area contributed by atoms with E-state index in [1.165, 1.54) is 11.3 Å². The van der Waals surface area contributed by atoms with Crippen LogP contribution in [0.15, 0.2) is 29.3 Å². The van der Waals surface area contributed by atoms with Gasteiger partial charge in [-0.1, -0.05) is 12.1 Å². The van der Waals surface area contributed by atoms with Crippen molar-refractivity contribution < 1.29 is 4.74 Å². The number of ether oxygens (including phenoxy) is 1. The topological polar surface area (TPSA) is 40.1 Å². The number of hydrogen-bond acceptors (Lipinski definition) is 3. The number of rotatable bonds is 7. The molecule has 1 aliphatic rings. The highest BCUT2D eigenvalue weighted by Gasteiger charge is 2.18. The van der Waals surface area contributed by atoms with Crippen LogP contribution in [0.5, 0.6) is 0 Å². The first kappa shape index (κ1) is 18.6. The van der Waals surface area contributed by atoms with Crippen LogP contribution in [-0.2, 0) is 11.2 Å². The molecule has 0 radical (unpaired) electrons. The number of aryl methyl sites for hydroxylation is 1. The van der Waals surface area contributed by atoms with Crippen molar-refractivity contribution in [1.29, 1.82) is 0 Å². The van der Waals surface area contributed by atoms with Crippen LogP contribution in [0.2, 0.25) is 0 Å². The van der Waals surface area contributed by atoms with Gasteiger partial charge in [0.05, 0.1) is 6.61 Å². The molecule has 0 saturated carbocycles. The average molecular weight is 332 g/mol.